The molecule has 1 aromatic heterocycles. The molecular weight excluding hydrogens is 316 g/mol. The van der Waals surface area contributed by atoms with E-state index in [9.17, 15) is 9.59 Å². The van der Waals surface area contributed by atoms with Gasteiger partial charge in [0.25, 0.3) is 0 Å². The Balaban J connectivity index is 1.59. The maximum absolute atomic E-state index is 12.6. The highest BCUT2D eigenvalue weighted by atomic mass is 16.2. The second-order valence-electron chi connectivity index (χ2n) is 6.70. The van der Waals surface area contributed by atoms with Crippen LogP contribution in [0.3, 0.4) is 0 Å². The topological polar surface area (TPSA) is 81.2 Å². The van der Waals surface area contributed by atoms with Gasteiger partial charge in [-0.1, -0.05) is 18.2 Å². The van der Waals surface area contributed by atoms with Crippen molar-refractivity contribution in [2.45, 2.75) is 38.6 Å². The number of carbonyl (C=O) groups is 2. The first-order valence-electron chi connectivity index (χ1n) is 8.72. The number of piperidine rings is 1. The summed E-state index contributed by atoms with van der Waals surface area (Å²) in [5, 5.41) is 4.36. The monoisotopic (exact) mass is 340 g/mol. The minimum Gasteiger partial charge on any atom is -0.369 e. The summed E-state index contributed by atoms with van der Waals surface area (Å²) in [6, 6.07) is 10.0. The Bertz CT molecular complexity index is 741. The third-order valence-corrected chi connectivity index (χ3v) is 4.89. The second kappa shape index (κ2) is 7.51. The van der Waals surface area contributed by atoms with Crippen molar-refractivity contribution < 1.29 is 9.59 Å². The number of hydrogen-bond acceptors (Lipinski definition) is 3. The van der Waals surface area contributed by atoms with Gasteiger partial charge in [-0.25, -0.2) is 4.68 Å². The van der Waals surface area contributed by atoms with Crippen molar-refractivity contribution >= 4 is 11.8 Å². The van der Waals surface area contributed by atoms with Crippen molar-refractivity contribution in [1.82, 2.24) is 14.7 Å². The van der Waals surface area contributed by atoms with Gasteiger partial charge in [-0.15, -0.1) is 0 Å². The van der Waals surface area contributed by atoms with Crippen molar-refractivity contribution in [3.63, 3.8) is 0 Å². The molecule has 0 bridgehead atoms. The summed E-state index contributed by atoms with van der Waals surface area (Å²) in [6.07, 6.45) is 6.39. The number of nitrogens with two attached hydrogens (primary N) is 1. The van der Waals surface area contributed by atoms with Crippen LogP contribution >= 0.6 is 0 Å². The third-order valence-electron chi connectivity index (χ3n) is 4.89. The fourth-order valence-electron chi connectivity index (χ4n) is 3.29. The number of benzene rings is 1. The number of carbonyl (C=O) groups excluding carboxylic acids is 2. The van der Waals surface area contributed by atoms with Crippen LogP contribution in [0.1, 0.15) is 31.7 Å². The third kappa shape index (κ3) is 4.07. The molecule has 1 fully saturated rings. The van der Waals surface area contributed by atoms with Gasteiger partial charge < -0.3 is 10.6 Å². The molecule has 1 aliphatic heterocycles. The molecule has 0 aliphatic carbocycles. The fourth-order valence-corrected chi connectivity index (χ4v) is 3.29. The van der Waals surface area contributed by atoms with Crippen molar-refractivity contribution in [3.05, 3.63) is 48.3 Å². The summed E-state index contributed by atoms with van der Waals surface area (Å²) in [5.74, 6) is -0.458. The summed E-state index contributed by atoms with van der Waals surface area (Å²) >= 11 is 0. The number of amides is 2. The number of nitrogens with zero attached hydrogens (tertiary/aromatic N) is 3. The van der Waals surface area contributed by atoms with E-state index in [-0.39, 0.29) is 23.8 Å². The predicted octanol–water partition coefficient (Wildman–Crippen LogP) is 1.92. The molecule has 1 saturated heterocycles. The van der Waals surface area contributed by atoms with Crippen LogP contribution in [0.4, 0.5) is 0 Å². The zero-order valence-electron chi connectivity index (χ0n) is 14.5. The Morgan fingerprint density at radius 2 is 2.00 bits per heavy atom. The number of rotatable bonds is 5. The molecule has 1 aromatic carbocycles. The fraction of sp³-hybridized carbons (Fsp3) is 0.421. The molecule has 2 atom stereocenters. The SMILES string of the molecule is C[C@H]1CC[C@@H](C(N)=O)CN1C(=O)CCc1cnn(-c2ccccc2)c1. The molecule has 25 heavy (non-hydrogen) atoms. The molecule has 132 valence electrons. The first-order chi connectivity index (χ1) is 12.0. The van der Waals surface area contributed by atoms with Gasteiger partial charge in [-0.3, -0.25) is 9.59 Å². The zero-order chi connectivity index (χ0) is 17.8. The molecule has 6 nitrogen and oxygen atoms in total. The lowest BCUT2D eigenvalue weighted by Gasteiger charge is -2.37. The Morgan fingerprint density at radius 3 is 2.72 bits per heavy atom. The van der Waals surface area contributed by atoms with Gasteiger partial charge in [0.05, 0.1) is 17.8 Å². The molecule has 0 unspecified atom stereocenters. The van der Waals surface area contributed by atoms with E-state index in [4.69, 9.17) is 5.73 Å². The second-order valence-corrected chi connectivity index (χ2v) is 6.70. The summed E-state index contributed by atoms with van der Waals surface area (Å²) in [5.41, 5.74) is 7.43. The smallest absolute Gasteiger partial charge is 0.223 e. The van der Waals surface area contributed by atoms with Gasteiger partial charge in [-0.2, -0.15) is 5.10 Å². The highest BCUT2D eigenvalue weighted by Crippen LogP contribution is 2.22. The van der Waals surface area contributed by atoms with E-state index < -0.39 is 0 Å². The zero-order valence-corrected chi connectivity index (χ0v) is 14.5. The lowest BCUT2D eigenvalue weighted by atomic mass is 9.92. The Kier molecular flexibility index (Phi) is 5.16. The summed E-state index contributed by atoms with van der Waals surface area (Å²) in [4.78, 5) is 25.8. The van der Waals surface area contributed by atoms with Gasteiger partial charge in [0, 0.05) is 25.2 Å². The molecule has 0 spiro atoms. The predicted molar refractivity (Wildman–Crippen MR) is 95.0 cm³/mol. The van der Waals surface area contributed by atoms with E-state index in [1.54, 1.807) is 11.1 Å². The molecule has 0 radical (unpaired) electrons. The molecule has 2 aromatic rings. The number of hydrogen-bond donors (Lipinski definition) is 1. The molecule has 6 heteroatoms. The number of likely N-dealkylation sites (tertiary alicyclic amines) is 1. The van der Waals surface area contributed by atoms with Crippen molar-refractivity contribution in [2.24, 2.45) is 11.7 Å². The highest BCUT2D eigenvalue weighted by Gasteiger charge is 2.31. The molecule has 3 rings (SSSR count). The van der Waals surface area contributed by atoms with Crippen LogP contribution < -0.4 is 5.73 Å². The first kappa shape index (κ1) is 17.2. The van der Waals surface area contributed by atoms with Gasteiger partial charge in [0.1, 0.15) is 0 Å². The van der Waals surface area contributed by atoms with E-state index in [0.29, 0.717) is 19.4 Å². The van der Waals surface area contributed by atoms with E-state index in [1.165, 1.54) is 0 Å². The average molecular weight is 340 g/mol. The number of primary amides is 1. The summed E-state index contributed by atoms with van der Waals surface area (Å²) in [7, 11) is 0. The van der Waals surface area contributed by atoms with Crippen LogP contribution in [0, 0.1) is 5.92 Å². The molecule has 1 aliphatic rings. The number of aromatic nitrogens is 2. The number of para-hydroxylation sites is 1. The molecular formula is C19H24N4O2. The maximum Gasteiger partial charge on any atom is 0.223 e. The highest BCUT2D eigenvalue weighted by molar-refractivity contribution is 5.80. The Hall–Kier alpha value is -2.63. The largest absolute Gasteiger partial charge is 0.369 e. The lowest BCUT2D eigenvalue weighted by molar-refractivity contribution is -0.137. The van der Waals surface area contributed by atoms with E-state index in [1.807, 2.05) is 48.1 Å². The van der Waals surface area contributed by atoms with E-state index in [2.05, 4.69) is 5.10 Å². The number of aryl methyl sites for hydroxylation is 1. The molecule has 2 N–H and O–H groups in total. The summed E-state index contributed by atoms with van der Waals surface area (Å²) < 4.78 is 1.81. The minimum absolute atomic E-state index is 0.0749. The van der Waals surface area contributed by atoms with Crippen molar-refractivity contribution in [2.75, 3.05) is 6.54 Å². The normalized spacial score (nSPS) is 20.4. The van der Waals surface area contributed by atoms with E-state index in [0.717, 1.165) is 24.1 Å². The maximum atomic E-state index is 12.6. The standard InChI is InChI=1S/C19H24N4O2/c1-14-7-9-16(19(20)25)13-22(14)18(24)10-8-15-11-21-23(12-15)17-5-3-2-4-6-17/h2-6,11-12,14,16H,7-10,13H2,1H3,(H2,20,25)/t14-,16+/m0/s1. The van der Waals surface area contributed by atoms with Crippen LogP contribution in [-0.4, -0.2) is 39.1 Å². The molecule has 2 heterocycles. The van der Waals surface area contributed by atoms with Gasteiger partial charge in [0.2, 0.25) is 11.8 Å². The van der Waals surface area contributed by atoms with E-state index >= 15 is 0 Å². The van der Waals surface area contributed by atoms with Crippen molar-refractivity contribution in [3.8, 4) is 5.69 Å². The van der Waals surface area contributed by atoms with Gasteiger partial charge in [-0.05, 0) is 43.9 Å². The quantitative estimate of drug-likeness (QED) is 0.903. The lowest BCUT2D eigenvalue weighted by Crippen LogP contribution is -2.48. The summed E-state index contributed by atoms with van der Waals surface area (Å²) in [6.45, 7) is 2.47. The van der Waals surface area contributed by atoms with Crippen LogP contribution in [0.25, 0.3) is 5.69 Å². The first-order valence-corrected chi connectivity index (χ1v) is 8.72. The van der Waals surface area contributed by atoms with Gasteiger partial charge in [0.15, 0.2) is 0 Å². The van der Waals surface area contributed by atoms with Crippen LogP contribution in [-0.2, 0) is 16.0 Å². The van der Waals surface area contributed by atoms with Crippen molar-refractivity contribution in [1.29, 1.82) is 0 Å². The van der Waals surface area contributed by atoms with Gasteiger partial charge >= 0.3 is 0 Å². The van der Waals surface area contributed by atoms with Crippen LogP contribution in [0.5, 0.6) is 0 Å². The van der Waals surface area contributed by atoms with Crippen LogP contribution in [0.15, 0.2) is 42.7 Å². The molecule has 0 saturated carbocycles. The molecule has 2 amide bonds. The average Bonchev–Trinajstić information content (AvgIpc) is 3.09. The minimum atomic E-state index is -0.311. The Labute approximate surface area is 147 Å². The van der Waals surface area contributed by atoms with Crippen LogP contribution in [0.2, 0.25) is 0 Å². The Morgan fingerprint density at radius 1 is 1.24 bits per heavy atom.